The molecular weight excluding hydrogens is 330 g/mol. The number of nitrogens with zero attached hydrogens (tertiary/aromatic N) is 1. The third-order valence-corrected chi connectivity index (χ3v) is 5.17. The SMILES string of the molecule is CC1(C)O[C@H]2O[C@@H]3CN(Cc4ccccc4)c4ccccc4O[C@@H]3[C@H]2O1. The zero-order valence-electron chi connectivity index (χ0n) is 15.0. The first-order valence-electron chi connectivity index (χ1n) is 9.15. The lowest BCUT2D eigenvalue weighted by Crippen LogP contribution is -2.42. The van der Waals surface area contributed by atoms with Gasteiger partial charge in [-0.25, -0.2) is 0 Å². The maximum absolute atomic E-state index is 6.38. The van der Waals surface area contributed by atoms with Gasteiger partial charge in [-0.15, -0.1) is 0 Å². The van der Waals surface area contributed by atoms with Gasteiger partial charge in [0.25, 0.3) is 0 Å². The van der Waals surface area contributed by atoms with Crippen LogP contribution in [0.4, 0.5) is 5.69 Å². The van der Waals surface area contributed by atoms with E-state index in [0.717, 1.165) is 24.5 Å². The highest BCUT2D eigenvalue weighted by molar-refractivity contribution is 5.59. The first kappa shape index (κ1) is 16.1. The number of hydrogen-bond donors (Lipinski definition) is 0. The van der Waals surface area contributed by atoms with Crippen molar-refractivity contribution in [2.45, 2.75) is 50.8 Å². The fourth-order valence-corrected chi connectivity index (χ4v) is 4.07. The van der Waals surface area contributed by atoms with Crippen LogP contribution in [0, 0.1) is 0 Å². The summed E-state index contributed by atoms with van der Waals surface area (Å²) in [5.41, 5.74) is 2.34. The highest BCUT2D eigenvalue weighted by atomic mass is 16.8. The van der Waals surface area contributed by atoms with Crippen LogP contribution in [0.25, 0.3) is 0 Å². The first-order valence-corrected chi connectivity index (χ1v) is 9.15. The highest BCUT2D eigenvalue weighted by Gasteiger charge is 2.57. The molecule has 0 spiro atoms. The molecule has 2 saturated heterocycles. The Bertz CT molecular complexity index is 794. The summed E-state index contributed by atoms with van der Waals surface area (Å²) in [4.78, 5) is 2.32. The predicted octanol–water partition coefficient (Wildman–Crippen LogP) is 3.33. The summed E-state index contributed by atoms with van der Waals surface area (Å²) in [5, 5.41) is 0. The second kappa shape index (κ2) is 5.98. The van der Waals surface area contributed by atoms with Gasteiger partial charge < -0.3 is 23.8 Å². The molecule has 5 rings (SSSR count). The summed E-state index contributed by atoms with van der Waals surface area (Å²) in [7, 11) is 0. The minimum atomic E-state index is -0.640. The van der Waals surface area contributed by atoms with E-state index < -0.39 is 5.79 Å². The molecule has 5 nitrogen and oxygen atoms in total. The van der Waals surface area contributed by atoms with Gasteiger partial charge in [0.05, 0.1) is 5.69 Å². The van der Waals surface area contributed by atoms with E-state index in [-0.39, 0.29) is 24.6 Å². The van der Waals surface area contributed by atoms with Crippen LogP contribution in [0.15, 0.2) is 54.6 Å². The summed E-state index contributed by atoms with van der Waals surface area (Å²) in [6.07, 6.45) is -0.857. The number of rotatable bonds is 2. The molecule has 0 radical (unpaired) electrons. The number of anilines is 1. The van der Waals surface area contributed by atoms with Gasteiger partial charge in [0.15, 0.2) is 24.3 Å². The molecule has 0 amide bonds. The molecular formula is C21H23NO4. The molecule has 0 unspecified atom stereocenters. The van der Waals surface area contributed by atoms with Crippen LogP contribution in [0.3, 0.4) is 0 Å². The summed E-state index contributed by atoms with van der Waals surface area (Å²) in [6.45, 7) is 5.36. The maximum Gasteiger partial charge on any atom is 0.191 e. The van der Waals surface area contributed by atoms with Crippen molar-refractivity contribution in [3.05, 3.63) is 60.2 Å². The van der Waals surface area contributed by atoms with Crippen molar-refractivity contribution in [1.82, 2.24) is 0 Å². The second-order valence-corrected chi connectivity index (χ2v) is 7.56. The third kappa shape index (κ3) is 2.76. The van der Waals surface area contributed by atoms with Crippen molar-refractivity contribution in [1.29, 1.82) is 0 Å². The summed E-state index contributed by atoms with van der Waals surface area (Å²) in [5.74, 6) is 0.229. The number of fused-ring (bicyclic) bond motifs is 4. The highest BCUT2D eigenvalue weighted by Crippen LogP contribution is 2.43. The fraction of sp³-hybridized carbons (Fsp3) is 0.429. The fourth-order valence-electron chi connectivity index (χ4n) is 4.07. The van der Waals surface area contributed by atoms with Gasteiger partial charge in [-0.05, 0) is 31.5 Å². The lowest BCUT2D eigenvalue weighted by Gasteiger charge is -2.27. The minimum absolute atomic E-state index is 0.0998. The van der Waals surface area contributed by atoms with Crippen LogP contribution >= 0.6 is 0 Å². The van der Waals surface area contributed by atoms with Crippen LogP contribution in [0.1, 0.15) is 19.4 Å². The van der Waals surface area contributed by atoms with Crippen molar-refractivity contribution in [3.8, 4) is 5.75 Å². The Balaban J connectivity index is 1.47. The topological polar surface area (TPSA) is 40.2 Å². The van der Waals surface area contributed by atoms with Crippen LogP contribution in [0.2, 0.25) is 0 Å². The molecule has 3 aliphatic heterocycles. The van der Waals surface area contributed by atoms with E-state index in [9.17, 15) is 0 Å². The normalized spacial score (nSPS) is 31.5. The molecule has 0 saturated carbocycles. The molecule has 5 heteroatoms. The van der Waals surface area contributed by atoms with Gasteiger partial charge >= 0.3 is 0 Å². The number of ether oxygens (including phenoxy) is 4. The van der Waals surface area contributed by atoms with Gasteiger partial charge in [-0.1, -0.05) is 42.5 Å². The molecule has 2 aromatic rings. The summed E-state index contributed by atoms with van der Waals surface area (Å²) >= 11 is 0. The molecule has 26 heavy (non-hydrogen) atoms. The monoisotopic (exact) mass is 353 g/mol. The second-order valence-electron chi connectivity index (χ2n) is 7.56. The molecule has 0 aliphatic carbocycles. The number of benzene rings is 2. The van der Waals surface area contributed by atoms with Crippen molar-refractivity contribution in [3.63, 3.8) is 0 Å². The Morgan fingerprint density at radius 2 is 1.73 bits per heavy atom. The molecule has 0 N–H and O–H groups in total. The molecule has 0 aromatic heterocycles. The van der Waals surface area contributed by atoms with Crippen LogP contribution in [0.5, 0.6) is 5.75 Å². The Kier molecular flexibility index (Phi) is 3.71. The van der Waals surface area contributed by atoms with Gasteiger partial charge in [0.2, 0.25) is 0 Å². The first-order chi connectivity index (χ1) is 12.6. The van der Waals surface area contributed by atoms with Crippen LogP contribution < -0.4 is 9.64 Å². The van der Waals surface area contributed by atoms with Crippen molar-refractivity contribution in [2.24, 2.45) is 0 Å². The third-order valence-electron chi connectivity index (χ3n) is 5.17. The van der Waals surface area contributed by atoms with Gasteiger partial charge in [-0.3, -0.25) is 0 Å². The molecule has 3 aliphatic rings. The Labute approximate surface area is 153 Å². The average Bonchev–Trinajstić information content (AvgIpc) is 3.02. The quantitative estimate of drug-likeness (QED) is 0.828. The van der Waals surface area contributed by atoms with Gasteiger partial charge in [0, 0.05) is 13.1 Å². The van der Waals surface area contributed by atoms with E-state index in [4.69, 9.17) is 18.9 Å². The molecule has 3 heterocycles. The van der Waals surface area contributed by atoms with Crippen molar-refractivity contribution < 1.29 is 18.9 Å². The zero-order chi connectivity index (χ0) is 17.7. The smallest absolute Gasteiger partial charge is 0.191 e. The van der Waals surface area contributed by atoms with Crippen LogP contribution in [-0.4, -0.2) is 36.9 Å². The van der Waals surface area contributed by atoms with E-state index in [1.807, 2.05) is 38.1 Å². The summed E-state index contributed by atoms with van der Waals surface area (Å²) < 4.78 is 24.6. The van der Waals surface area contributed by atoms with Gasteiger partial charge in [0.1, 0.15) is 11.9 Å². The average molecular weight is 353 g/mol. The van der Waals surface area contributed by atoms with E-state index in [1.165, 1.54) is 5.56 Å². The number of hydrogen-bond acceptors (Lipinski definition) is 5. The molecule has 4 atom stereocenters. The van der Waals surface area contributed by atoms with E-state index in [2.05, 4.69) is 35.2 Å². The largest absolute Gasteiger partial charge is 0.483 e. The molecule has 136 valence electrons. The van der Waals surface area contributed by atoms with Gasteiger partial charge in [-0.2, -0.15) is 0 Å². The predicted molar refractivity (Wildman–Crippen MR) is 97.0 cm³/mol. The standard InChI is InChI=1S/C21H23NO4/c1-21(2)25-19-18-17(24-20(19)26-21)13-22(12-14-8-4-3-5-9-14)15-10-6-7-11-16(15)23-18/h3-11,17-20H,12-13H2,1-2H3/t17-,18+,19-,20-/m1/s1. The minimum Gasteiger partial charge on any atom is -0.483 e. The van der Waals surface area contributed by atoms with E-state index in [1.54, 1.807) is 0 Å². The Morgan fingerprint density at radius 1 is 0.962 bits per heavy atom. The zero-order valence-corrected chi connectivity index (χ0v) is 15.0. The maximum atomic E-state index is 6.38. The molecule has 2 fully saturated rings. The van der Waals surface area contributed by atoms with Crippen molar-refractivity contribution >= 4 is 5.69 Å². The Morgan fingerprint density at radius 3 is 2.58 bits per heavy atom. The lowest BCUT2D eigenvalue weighted by molar-refractivity contribution is -0.211. The summed E-state index contributed by atoms with van der Waals surface area (Å²) in [6, 6.07) is 18.6. The lowest BCUT2D eigenvalue weighted by atomic mass is 10.1. The molecule has 0 bridgehead atoms. The van der Waals surface area contributed by atoms with Crippen molar-refractivity contribution in [2.75, 3.05) is 11.4 Å². The van der Waals surface area contributed by atoms with Crippen LogP contribution in [-0.2, 0) is 20.8 Å². The number of para-hydroxylation sites is 2. The molecule has 2 aromatic carbocycles. The van der Waals surface area contributed by atoms with E-state index >= 15 is 0 Å². The Hall–Kier alpha value is -2.08. The van der Waals surface area contributed by atoms with E-state index in [0.29, 0.717) is 0 Å².